The second-order valence-corrected chi connectivity index (χ2v) is 6.39. The van der Waals surface area contributed by atoms with Crippen LogP contribution in [-0.4, -0.2) is 16.3 Å². The fourth-order valence-corrected chi connectivity index (χ4v) is 2.88. The maximum Gasteiger partial charge on any atom is 0.148 e. The lowest BCUT2D eigenvalue weighted by Crippen LogP contribution is -2.22. The zero-order valence-electron chi connectivity index (χ0n) is 12.7. The number of nitrogens with two attached hydrogens (primary N) is 1. The molecule has 19 heavy (non-hydrogen) atoms. The molecule has 1 aliphatic carbocycles. The van der Waals surface area contributed by atoms with E-state index in [1.54, 1.807) is 0 Å². The molecule has 1 heterocycles. The Morgan fingerprint density at radius 2 is 1.95 bits per heavy atom. The number of aryl methyl sites for hydroxylation is 1. The second-order valence-electron chi connectivity index (χ2n) is 6.39. The van der Waals surface area contributed by atoms with Gasteiger partial charge in [0.2, 0.25) is 0 Å². The van der Waals surface area contributed by atoms with Crippen LogP contribution in [0.25, 0.3) is 0 Å². The highest BCUT2D eigenvalue weighted by Crippen LogP contribution is 2.30. The number of anilines is 2. The molecule has 4 heteroatoms. The van der Waals surface area contributed by atoms with Crippen molar-refractivity contribution >= 4 is 11.5 Å². The molecule has 0 aliphatic heterocycles. The highest BCUT2D eigenvalue weighted by molar-refractivity contribution is 5.64. The van der Waals surface area contributed by atoms with Crippen LogP contribution in [0.5, 0.6) is 0 Å². The zero-order valence-corrected chi connectivity index (χ0v) is 12.7. The van der Waals surface area contributed by atoms with Crippen molar-refractivity contribution in [2.24, 2.45) is 11.8 Å². The summed E-state index contributed by atoms with van der Waals surface area (Å²) in [7, 11) is 0. The molecular formula is C15H28N4. The molecule has 1 fully saturated rings. The van der Waals surface area contributed by atoms with Crippen LogP contribution in [-0.2, 0) is 0 Å². The molecule has 1 aliphatic rings. The van der Waals surface area contributed by atoms with E-state index >= 15 is 0 Å². The molecule has 108 valence electrons. The molecule has 1 aromatic heterocycles. The molecule has 0 saturated heterocycles. The Balaban J connectivity index is 1.99. The Morgan fingerprint density at radius 1 is 1.32 bits per heavy atom. The van der Waals surface area contributed by atoms with Crippen molar-refractivity contribution in [3.05, 3.63) is 5.69 Å². The van der Waals surface area contributed by atoms with Crippen LogP contribution in [0.2, 0.25) is 0 Å². The molecule has 0 bridgehead atoms. The van der Waals surface area contributed by atoms with E-state index in [4.69, 9.17) is 5.73 Å². The number of nitrogen functional groups attached to an aromatic ring is 1. The van der Waals surface area contributed by atoms with Gasteiger partial charge in [0.15, 0.2) is 0 Å². The Bertz CT molecular complexity index is 414. The minimum atomic E-state index is 0.338. The molecule has 1 aromatic rings. The van der Waals surface area contributed by atoms with E-state index in [-0.39, 0.29) is 0 Å². The molecule has 4 nitrogen and oxygen atoms in total. The van der Waals surface area contributed by atoms with Gasteiger partial charge in [-0.05, 0) is 45.4 Å². The first-order valence-electron chi connectivity index (χ1n) is 7.57. The molecule has 0 unspecified atom stereocenters. The van der Waals surface area contributed by atoms with Crippen LogP contribution in [0.15, 0.2) is 0 Å². The van der Waals surface area contributed by atoms with Crippen molar-refractivity contribution in [1.29, 1.82) is 0 Å². The first-order chi connectivity index (χ1) is 8.99. The molecule has 0 radical (unpaired) electrons. The van der Waals surface area contributed by atoms with E-state index in [1.165, 1.54) is 25.7 Å². The highest BCUT2D eigenvalue weighted by atomic mass is 15.4. The van der Waals surface area contributed by atoms with Gasteiger partial charge in [0, 0.05) is 12.6 Å². The van der Waals surface area contributed by atoms with Crippen molar-refractivity contribution in [3.8, 4) is 0 Å². The van der Waals surface area contributed by atoms with Crippen molar-refractivity contribution in [1.82, 2.24) is 9.78 Å². The van der Waals surface area contributed by atoms with Crippen LogP contribution < -0.4 is 11.1 Å². The molecular weight excluding hydrogens is 236 g/mol. The number of aromatic nitrogens is 2. The maximum atomic E-state index is 6.13. The molecule has 0 spiro atoms. The van der Waals surface area contributed by atoms with E-state index in [1.807, 2.05) is 11.6 Å². The number of nitrogens with zero attached hydrogens (tertiary/aromatic N) is 2. The number of hydrogen-bond acceptors (Lipinski definition) is 3. The minimum absolute atomic E-state index is 0.338. The van der Waals surface area contributed by atoms with Crippen LogP contribution >= 0.6 is 0 Å². The summed E-state index contributed by atoms with van der Waals surface area (Å²) >= 11 is 0. The zero-order chi connectivity index (χ0) is 14.0. The Hall–Kier alpha value is -1.19. The summed E-state index contributed by atoms with van der Waals surface area (Å²) in [5, 5.41) is 8.06. The average molecular weight is 264 g/mol. The van der Waals surface area contributed by atoms with Crippen LogP contribution in [0.3, 0.4) is 0 Å². The maximum absolute atomic E-state index is 6.13. The minimum Gasteiger partial charge on any atom is -0.394 e. The van der Waals surface area contributed by atoms with Gasteiger partial charge in [-0.1, -0.05) is 19.8 Å². The Morgan fingerprint density at radius 3 is 2.53 bits per heavy atom. The highest BCUT2D eigenvalue weighted by Gasteiger charge is 2.20. The molecule has 1 saturated carbocycles. The number of nitrogens with one attached hydrogen (secondary N) is 1. The Kier molecular flexibility index (Phi) is 4.38. The standard InChI is InChI=1S/C15H28N4/c1-10(2)19-15(14(16)12(4)18-19)17-9-13-7-5-11(3)6-8-13/h10-11,13,17H,5-9,16H2,1-4H3. The fraction of sp³-hybridized carbons (Fsp3) is 0.800. The van der Waals surface area contributed by atoms with Gasteiger partial charge in [0.25, 0.3) is 0 Å². The summed E-state index contributed by atoms with van der Waals surface area (Å²) in [5.74, 6) is 2.70. The van der Waals surface area contributed by atoms with E-state index in [2.05, 4.69) is 31.2 Å². The predicted molar refractivity (Wildman–Crippen MR) is 81.4 cm³/mol. The monoisotopic (exact) mass is 264 g/mol. The van der Waals surface area contributed by atoms with Crippen molar-refractivity contribution < 1.29 is 0 Å². The summed E-state index contributed by atoms with van der Waals surface area (Å²) in [6.07, 6.45) is 5.40. The largest absolute Gasteiger partial charge is 0.394 e. The van der Waals surface area contributed by atoms with Crippen molar-refractivity contribution in [2.45, 2.75) is 59.4 Å². The van der Waals surface area contributed by atoms with Crippen LogP contribution in [0.1, 0.15) is 58.2 Å². The molecule has 0 atom stereocenters. The normalized spacial score (nSPS) is 23.8. The lowest BCUT2D eigenvalue weighted by Gasteiger charge is -2.27. The fourth-order valence-electron chi connectivity index (χ4n) is 2.88. The predicted octanol–water partition coefficient (Wildman–Crippen LogP) is 3.59. The van der Waals surface area contributed by atoms with Crippen LogP contribution in [0, 0.1) is 18.8 Å². The van der Waals surface area contributed by atoms with E-state index < -0.39 is 0 Å². The van der Waals surface area contributed by atoms with Gasteiger partial charge < -0.3 is 11.1 Å². The summed E-state index contributed by atoms with van der Waals surface area (Å²) in [4.78, 5) is 0. The molecule has 0 amide bonds. The topological polar surface area (TPSA) is 55.9 Å². The van der Waals surface area contributed by atoms with E-state index in [0.717, 1.165) is 35.6 Å². The van der Waals surface area contributed by atoms with Gasteiger partial charge in [-0.3, -0.25) is 0 Å². The van der Waals surface area contributed by atoms with Crippen LogP contribution in [0.4, 0.5) is 11.5 Å². The smallest absolute Gasteiger partial charge is 0.148 e. The number of rotatable bonds is 4. The number of hydrogen-bond donors (Lipinski definition) is 2. The first-order valence-corrected chi connectivity index (χ1v) is 7.57. The molecule has 0 aromatic carbocycles. The summed E-state index contributed by atoms with van der Waals surface area (Å²) in [6.45, 7) is 9.63. The quantitative estimate of drug-likeness (QED) is 0.873. The second kappa shape index (κ2) is 5.85. The van der Waals surface area contributed by atoms with Gasteiger partial charge in [0.1, 0.15) is 5.82 Å². The van der Waals surface area contributed by atoms with Crippen molar-refractivity contribution in [2.75, 3.05) is 17.6 Å². The van der Waals surface area contributed by atoms with Gasteiger partial charge in [-0.15, -0.1) is 0 Å². The lowest BCUT2D eigenvalue weighted by atomic mass is 9.83. The third-order valence-electron chi connectivity index (χ3n) is 4.31. The Labute approximate surface area is 116 Å². The van der Waals surface area contributed by atoms with Gasteiger partial charge in [-0.2, -0.15) is 5.10 Å². The summed E-state index contributed by atoms with van der Waals surface area (Å²) in [5.41, 5.74) is 7.86. The van der Waals surface area contributed by atoms with Gasteiger partial charge in [-0.25, -0.2) is 4.68 Å². The summed E-state index contributed by atoms with van der Waals surface area (Å²) in [6, 6.07) is 0.338. The van der Waals surface area contributed by atoms with Gasteiger partial charge >= 0.3 is 0 Å². The third kappa shape index (κ3) is 3.23. The summed E-state index contributed by atoms with van der Waals surface area (Å²) < 4.78 is 2.01. The lowest BCUT2D eigenvalue weighted by molar-refractivity contribution is 0.300. The molecule has 2 rings (SSSR count). The van der Waals surface area contributed by atoms with Gasteiger partial charge in [0.05, 0.1) is 11.4 Å². The average Bonchev–Trinajstić information content (AvgIpc) is 2.66. The van der Waals surface area contributed by atoms with E-state index in [0.29, 0.717) is 6.04 Å². The third-order valence-corrected chi connectivity index (χ3v) is 4.31. The molecule has 3 N–H and O–H groups in total. The van der Waals surface area contributed by atoms with Crippen molar-refractivity contribution in [3.63, 3.8) is 0 Å². The van der Waals surface area contributed by atoms with E-state index in [9.17, 15) is 0 Å². The SMILES string of the molecule is Cc1nn(C(C)C)c(NCC2CCC(C)CC2)c1N. The first kappa shape index (κ1) is 14.2.